The van der Waals surface area contributed by atoms with Crippen molar-refractivity contribution in [2.24, 2.45) is 5.92 Å². The molecule has 0 aliphatic carbocycles. The lowest BCUT2D eigenvalue weighted by Gasteiger charge is -2.05. The molecule has 0 amide bonds. The summed E-state index contributed by atoms with van der Waals surface area (Å²) in [5.41, 5.74) is -0.198. The number of aromatic nitrogens is 3. The molecule has 0 atom stereocenters. The zero-order valence-corrected chi connectivity index (χ0v) is 9.60. The van der Waals surface area contributed by atoms with Gasteiger partial charge in [0.25, 0.3) is 0 Å². The molecule has 17 heavy (non-hydrogen) atoms. The van der Waals surface area contributed by atoms with Crippen molar-refractivity contribution in [1.82, 2.24) is 14.8 Å². The third-order valence-corrected chi connectivity index (χ3v) is 2.45. The number of nitrogens with one attached hydrogen (secondary N) is 1. The van der Waals surface area contributed by atoms with Crippen LogP contribution >= 0.6 is 0 Å². The maximum Gasteiger partial charge on any atom is 0.341 e. The molecule has 2 N–H and O–H groups in total. The Labute approximate surface area is 96.9 Å². The summed E-state index contributed by atoms with van der Waals surface area (Å²) in [4.78, 5) is 25.4. The number of nitrogens with zero attached hydrogens (tertiary/aromatic N) is 2. The minimum atomic E-state index is -1.23. The Morgan fingerprint density at radius 3 is 2.88 bits per heavy atom. The standard InChI is InChI=1S/C11H13N3O3/c1-6(2)5-14-10-7(4-13-14)9(15)8(3-12-10)11(16)17/h3-4,6H,5H2,1-2H3,(H,12,15)(H,16,17). The van der Waals surface area contributed by atoms with Gasteiger partial charge < -0.3 is 10.1 Å². The summed E-state index contributed by atoms with van der Waals surface area (Å²) in [5.74, 6) is -0.842. The van der Waals surface area contributed by atoms with E-state index in [1.54, 1.807) is 4.68 Å². The number of carbonyl (C=O) groups is 1. The van der Waals surface area contributed by atoms with Crippen LogP contribution in [-0.4, -0.2) is 25.8 Å². The second kappa shape index (κ2) is 4.04. The second-order valence-electron chi connectivity index (χ2n) is 4.32. The zero-order chi connectivity index (χ0) is 12.6. The molecule has 0 aromatic carbocycles. The summed E-state index contributed by atoms with van der Waals surface area (Å²) in [7, 11) is 0. The molecule has 0 saturated carbocycles. The molecule has 90 valence electrons. The molecule has 6 heteroatoms. The summed E-state index contributed by atoms with van der Waals surface area (Å²) in [6.07, 6.45) is 2.62. The van der Waals surface area contributed by atoms with Crippen LogP contribution in [-0.2, 0) is 6.54 Å². The van der Waals surface area contributed by atoms with Crippen LogP contribution in [0.15, 0.2) is 17.2 Å². The first-order valence-corrected chi connectivity index (χ1v) is 5.31. The minimum Gasteiger partial charge on any atom is -0.477 e. The molecule has 0 spiro atoms. The number of fused-ring (bicyclic) bond motifs is 1. The van der Waals surface area contributed by atoms with E-state index in [2.05, 4.69) is 10.1 Å². The number of pyridine rings is 1. The van der Waals surface area contributed by atoms with E-state index in [0.717, 1.165) is 0 Å². The largest absolute Gasteiger partial charge is 0.477 e. The molecule has 0 fully saturated rings. The van der Waals surface area contributed by atoms with Gasteiger partial charge in [0.15, 0.2) is 0 Å². The van der Waals surface area contributed by atoms with Gasteiger partial charge in [-0.15, -0.1) is 0 Å². The number of aromatic carboxylic acids is 1. The van der Waals surface area contributed by atoms with E-state index >= 15 is 0 Å². The molecule has 2 aromatic rings. The number of hydrogen-bond donors (Lipinski definition) is 2. The Morgan fingerprint density at radius 2 is 2.29 bits per heavy atom. The van der Waals surface area contributed by atoms with Crippen LogP contribution in [0.2, 0.25) is 0 Å². The maximum atomic E-state index is 11.8. The number of H-pyrrole nitrogens is 1. The number of carboxylic acid groups (broad SMARTS) is 1. The van der Waals surface area contributed by atoms with Crippen LogP contribution in [0.1, 0.15) is 24.2 Å². The molecular weight excluding hydrogens is 222 g/mol. The average molecular weight is 235 g/mol. The van der Waals surface area contributed by atoms with Gasteiger partial charge in [0.2, 0.25) is 5.43 Å². The summed E-state index contributed by atoms with van der Waals surface area (Å²) >= 11 is 0. The smallest absolute Gasteiger partial charge is 0.341 e. The van der Waals surface area contributed by atoms with Crippen LogP contribution < -0.4 is 5.43 Å². The van der Waals surface area contributed by atoms with Crippen molar-refractivity contribution >= 4 is 17.0 Å². The van der Waals surface area contributed by atoms with E-state index < -0.39 is 11.4 Å². The number of aromatic amines is 1. The lowest BCUT2D eigenvalue weighted by Crippen LogP contribution is -2.15. The van der Waals surface area contributed by atoms with Crippen molar-refractivity contribution in [2.45, 2.75) is 20.4 Å². The molecule has 2 rings (SSSR count). The summed E-state index contributed by atoms with van der Waals surface area (Å²) in [6.45, 7) is 4.75. The van der Waals surface area contributed by atoms with Crippen molar-refractivity contribution in [3.05, 3.63) is 28.2 Å². The predicted octanol–water partition coefficient (Wildman–Crippen LogP) is 1.08. The Balaban J connectivity index is 2.62. The molecule has 2 heterocycles. The summed E-state index contributed by atoms with van der Waals surface area (Å²) in [5, 5.41) is 13.2. The quantitative estimate of drug-likeness (QED) is 0.833. The summed E-state index contributed by atoms with van der Waals surface area (Å²) < 4.78 is 1.67. The van der Waals surface area contributed by atoms with Crippen molar-refractivity contribution in [3.8, 4) is 0 Å². The van der Waals surface area contributed by atoms with E-state index in [4.69, 9.17) is 5.11 Å². The van der Waals surface area contributed by atoms with E-state index in [9.17, 15) is 9.59 Å². The number of hydrogen-bond acceptors (Lipinski definition) is 3. The monoisotopic (exact) mass is 235 g/mol. The normalized spacial score (nSPS) is 11.2. The lowest BCUT2D eigenvalue weighted by molar-refractivity contribution is 0.0695. The molecule has 2 aromatic heterocycles. The number of carboxylic acids is 1. The van der Waals surface area contributed by atoms with Gasteiger partial charge in [0.05, 0.1) is 11.6 Å². The first-order valence-electron chi connectivity index (χ1n) is 5.31. The van der Waals surface area contributed by atoms with Crippen molar-refractivity contribution in [1.29, 1.82) is 0 Å². The van der Waals surface area contributed by atoms with Crippen molar-refractivity contribution in [2.75, 3.05) is 0 Å². The first-order chi connectivity index (χ1) is 8.00. The van der Waals surface area contributed by atoms with Gasteiger partial charge in [0, 0.05) is 12.7 Å². The zero-order valence-electron chi connectivity index (χ0n) is 9.60. The van der Waals surface area contributed by atoms with Gasteiger partial charge in [-0.1, -0.05) is 13.8 Å². The van der Waals surface area contributed by atoms with Gasteiger partial charge in [-0.3, -0.25) is 4.79 Å². The van der Waals surface area contributed by atoms with Crippen LogP contribution in [0.25, 0.3) is 11.0 Å². The van der Waals surface area contributed by atoms with Crippen LogP contribution in [0, 0.1) is 5.92 Å². The third kappa shape index (κ3) is 1.93. The van der Waals surface area contributed by atoms with Crippen molar-refractivity contribution < 1.29 is 9.90 Å². The fourth-order valence-electron chi connectivity index (χ4n) is 1.70. The molecule has 6 nitrogen and oxygen atoms in total. The van der Waals surface area contributed by atoms with Gasteiger partial charge in [-0.2, -0.15) is 5.10 Å². The van der Waals surface area contributed by atoms with E-state index in [1.807, 2.05) is 13.8 Å². The molecule has 0 aliphatic heterocycles. The maximum absolute atomic E-state index is 11.8. The second-order valence-corrected chi connectivity index (χ2v) is 4.32. The molecule has 0 unspecified atom stereocenters. The Hall–Kier alpha value is -2.11. The van der Waals surface area contributed by atoms with E-state index in [1.165, 1.54) is 12.4 Å². The lowest BCUT2D eigenvalue weighted by atomic mass is 10.2. The van der Waals surface area contributed by atoms with Crippen LogP contribution in [0.5, 0.6) is 0 Å². The Bertz CT molecular complexity index is 624. The van der Waals surface area contributed by atoms with Gasteiger partial charge in [-0.25, -0.2) is 9.48 Å². The Kier molecular flexibility index (Phi) is 2.71. The fraction of sp³-hybridized carbons (Fsp3) is 0.364. The van der Waals surface area contributed by atoms with Gasteiger partial charge >= 0.3 is 5.97 Å². The average Bonchev–Trinajstić information content (AvgIpc) is 2.61. The fourth-order valence-corrected chi connectivity index (χ4v) is 1.70. The molecular formula is C11H13N3O3. The molecule has 0 saturated heterocycles. The molecule has 0 aliphatic rings. The van der Waals surface area contributed by atoms with Gasteiger partial charge in [-0.05, 0) is 5.92 Å². The van der Waals surface area contributed by atoms with E-state index in [0.29, 0.717) is 23.5 Å². The highest BCUT2D eigenvalue weighted by atomic mass is 16.4. The SMILES string of the molecule is CC(C)Cn1ncc2c(=O)c(C(=O)O)c[nH]c21. The molecule has 0 bridgehead atoms. The highest BCUT2D eigenvalue weighted by molar-refractivity contribution is 5.91. The topological polar surface area (TPSA) is 88.0 Å². The van der Waals surface area contributed by atoms with Crippen LogP contribution in [0.4, 0.5) is 0 Å². The highest BCUT2D eigenvalue weighted by Gasteiger charge is 2.14. The van der Waals surface area contributed by atoms with Gasteiger partial charge in [0.1, 0.15) is 11.2 Å². The first kappa shape index (κ1) is 11.4. The Morgan fingerprint density at radius 1 is 1.59 bits per heavy atom. The third-order valence-electron chi connectivity index (χ3n) is 2.45. The predicted molar refractivity (Wildman–Crippen MR) is 62.2 cm³/mol. The van der Waals surface area contributed by atoms with E-state index in [-0.39, 0.29) is 5.56 Å². The summed E-state index contributed by atoms with van der Waals surface area (Å²) in [6, 6.07) is 0. The van der Waals surface area contributed by atoms with Crippen LogP contribution in [0.3, 0.4) is 0 Å². The molecule has 0 radical (unpaired) electrons. The number of rotatable bonds is 3. The minimum absolute atomic E-state index is 0.262. The van der Waals surface area contributed by atoms with Crippen molar-refractivity contribution in [3.63, 3.8) is 0 Å². The highest BCUT2D eigenvalue weighted by Crippen LogP contribution is 2.09.